The molecule has 114 valence electrons. The van der Waals surface area contributed by atoms with E-state index in [1.54, 1.807) is 11.8 Å². The highest BCUT2D eigenvalue weighted by atomic mass is 32.2. The average molecular weight is 345 g/mol. The van der Waals surface area contributed by atoms with E-state index in [1.165, 1.54) is 12.2 Å². The second-order valence-corrected chi connectivity index (χ2v) is 8.08. The first kappa shape index (κ1) is 14.6. The van der Waals surface area contributed by atoms with Crippen LogP contribution in [0.4, 0.5) is 8.78 Å². The fraction of sp³-hybridized carbons (Fsp3) is 0. The molecule has 0 unspecified atom stereocenters. The number of carbonyl (C=O) groups excluding carboxylic acids is 1. The van der Waals surface area contributed by atoms with E-state index in [0.29, 0.717) is 4.86 Å². The van der Waals surface area contributed by atoms with E-state index in [-0.39, 0.29) is 0 Å². The summed E-state index contributed by atoms with van der Waals surface area (Å²) in [7, 11) is -0.599. The molecule has 1 nitrogen and oxygen atoms in total. The SMILES string of the molecule is [OH+]=C1C(F)=CC(=S2c3ccccc3Sc3ccccc32)C=C1F. The maximum absolute atomic E-state index is 13.9. The molecule has 23 heavy (non-hydrogen) atoms. The summed E-state index contributed by atoms with van der Waals surface area (Å²) in [5, 5.41) is 0. The zero-order valence-electron chi connectivity index (χ0n) is 11.8. The van der Waals surface area contributed by atoms with Crippen LogP contribution in [-0.4, -0.2) is 15.4 Å². The van der Waals surface area contributed by atoms with Gasteiger partial charge in [-0.25, -0.2) is 0 Å². The first-order chi connectivity index (χ1) is 11.1. The molecular weight excluding hydrogens is 334 g/mol. The van der Waals surface area contributed by atoms with Crippen molar-refractivity contribution in [1.82, 2.24) is 0 Å². The molecule has 2 aromatic carbocycles. The lowest BCUT2D eigenvalue weighted by Gasteiger charge is -2.24. The van der Waals surface area contributed by atoms with Crippen molar-refractivity contribution in [3.05, 3.63) is 72.3 Å². The van der Waals surface area contributed by atoms with Crippen LogP contribution in [0.15, 0.2) is 91.9 Å². The Kier molecular flexibility index (Phi) is 3.54. The Morgan fingerprint density at radius 1 is 0.783 bits per heavy atom. The number of hydrogen-bond donors (Lipinski definition) is 0. The summed E-state index contributed by atoms with van der Waals surface area (Å²) < 4.78 is 27.7. The highest BCUT2D eigenvalue weighted by Crippen LogP contribution is 2.53. The van der Waals surface area contributed by atoms with Gasteiger partial charge in [-0.1, -0.05) is 36.0 Å². The van der Waals surface area contributed by atoms with Crippen molar-refractivity contribution in [3.8, 4) is 0 Å². The van der Waals surface area contributed by atoms with Gasteiger partial charge in [0.05, 0.1) is 0 Å². The van der Waals surface area contributed by atoms with E-state index in [2.05, 4.69) is 0 Å². The zero-order valence-corrected chi connectivity index (χ0v) is 13.4. The molecule has 2 aromatic rings. The number of halogens is 2. The fourth-order valence-corrected chi connectivity index (χ4v) is 6.33. The lowest BCUT2D eigenvalue weighted by Crippen LogP contribution is -2.10. The standard InChI is InChI=1S/C18H10F2OS2/c19-12-9-11(10-13(20)18(12)21)23-16-7-3-1-5-14(16)22-15-6-2-4-8-17(15)23/h1-10H/p+1. The summed E-state index contributed by atoms with van der Waals surface area (Å²) >= 11 is 1.66. The first-order valence-electron chi connectivity index (χ1n) is 6.93. The Bertz CT molecular complexity index is 870. The average Bonchev–Trinajstić information content (AvgIpc) is 2.57. The third kappa shape index (κ3) is 2.40. The van der Waals surface area contributed by atoms with Crippen LogP contribution in [-0.2, 0) is 0 Å². The van der Waals surface area contributed by atoms with E-state index in [0.717, 1.165) is 19.6 Å². The molecule has 0 radical (unpaired) electrons. The highest BCUT2D eigenvalue weighted by molar-refractivity contribution is 8.18. The van der Waals surface area contributed by atoms with Crippen LogP contribution in [0, 0.1) is 0 Å². The van der Waals surface area contributed by atoms with Crippen LogP contribution in [0.5, 0.6) is 0 Å². The molecule has 0 atom stereocenters. The number of allylic oxidation sites excluding steroid dienone is 4. The maximum atomic E-state index is 13.9. The van der Waals surface area contributed by atoms with Gasteiger partial charge in [0.1, 0.15) is 0 Å². The Morgan fingerprint density at radius 2 is 1.26 bits per heavy atom. The third-order valence-corrected chi connectivity index (χ3v) is 7.29. The van der Waals surface area contributed by atoms with Crippen LogP contribution in [0.1, 0.15) is 0 Å². The van der Waals surface area contributed by atoms with Gasteiger partial charge in [-0.05, 0) is 36.4 Å². The lowest BCUT2D eigenvalue weighted by atomic mass is 10.1. The predicted octanol–water partition coefficient (Wildman–Crippen LogP) is 5.28. The molecule has 5 heteroatoms. The van der Waals surface area contributed by atoms with Gasteiger partial charge in [0.15, 0.2) is 0 Å². The van der Waals surface area contributed by atoms with Gasteiger partial charge in [-0.15, -0.1) is 10.5 Å². The Morgan fingerprint density at radius 3 is 1.78 bits per heavy atom. The van der Waals surface area contributed by atoms with E-state index < -0.39 is 27.9 Å². The van der Waals surface area contributed by atoms with Crippen LogP contribution >= 0.6 is 22.2 Å². The van der Waals surface area contributed by atoms with Gasteiger partial charge in [-0.3, -0.25) is 4.79 Å². The summed E-state index contributed by atoms with van der Waals surface area (Å²) in [6, 6.07) is 15.8. The summed E-state index contributed by atoms with van der Waals surface area (Å²) in [6.45, 7) is 0. The van der Waals surface area contributed by atoms with Crippen molar-refractivity contribution in [2.45, 2.75) is 19.6 Å². The Hall–Kier alpha value is -1.98. The number of ketones is 1. The van der Waals surface area contributed by atoms with Gasteiger partial charge in [0.25, 0.3) is 0 Å². The molecule has 0 spiro atoms. The Balaban J connectivity index is 2.06. The second-order valence-electron chi connectivity index (χ2n) is 5.04. The van der Waals surface area contributed by atoms with Crippen LogP contribution in [0.25, 0.3) is 0 Å². The van der Waals surface area contributed by atoms with Crippen molar-refractivity contribution >= 4 is 32.9 Å². The molecule has 1 N–H and O–H groups in total. The molecule has 0 amide bonds. The maximum Gasteiger partial charge on any atom is 0.410 e. The van der Waals surface area contributed by atoms with Gasteiger partial charge in [0.2, 0.25) is 11.7 Å². The minimum absolute atomic E-state index is 0.526. The molecular formula is C18H11F2OS2+. The number of fused-ring (bicyclic) bond motifs is 2. The summed E-state index contributed by atoms with van der Waals surface area (Å²) in [5.41, 5.74) is 0. The summed E-state index contributed by atoms with van der Waals surface area (Å²) in [6.07, 6.45) is 2.45. The minimum Gasteiger partial charge on any atom is -0.267 e. The normalized spacial score (nSPS) is 17.3. The molecule has 0 aromatic heterocycles. The molecule has 1 heterocycles. The van der Waals surface area contributed by atoms with Crippen LogP contribution in [0.2, 0.25) is 0 Å². The quantitative estimate of drug-likeness (QED) is 0.401. The van der Waals surface area contributed by atoms with Crippen molar-refractivity contribution < 1.29 is 13.6 Å². The van der Waals surface area contributed by atoms with Gasteiger partial charge in [-0.2, -0.15) is 8.78 Å². The monoisotopic (exact) mass is 345 g/mol. The lowest BCUT2D eigenvalue weighted by molar-refractivity contribution is 0.579. The van der Waals surface area contributed by atoms with E-state index >= 15 is 0 Å². The fourth-order valence-electron chi connectivity index (χ4n) is 2.56. The van der Waals surface area contributed by atoms with E-state index in [9.17, 15) is 13.6 Å². The Labute approximate surface area is 138 Å². The van der Waals surface area contributed by atoms with Crippen LogP contribution < -0.4 is 0 Å². The summed E-state index contributed by atoms with van der Waals surface area (Å²) in [4.78, 5) is 14.2. The van der Waals surface area contributed by atoms with Crippen molar-refractivity contribution in [1.29, 1.82) is 0 Å². The molecule has 1 aliphatic carbocycles. The minimum atomic E-state index is -0.930. The van der Waals surface area contributed by atoms with Crippen molar-refractivity contribution in [3.63, 3.8) is 0 Å². The smallest absolute Gasteiger partial charge is 0.267 e. The molecule has 0 bridgehead atoms. The highest BCUT2D eigenvalue weighted by Gasteiger charge is 2.30. The topological polar surface area (TPSA) is 21.4 Å². The van der Waals surface area contributed by atoms with E-state index in [1.807, 2.05) is 48.5 Å². The van der Waals surface area contributed by atoms with Gasteiger partial charge >= 0.3 is 5.78 Å². The first-order valence-corrected chi connectivity index (χ1v) is 8.97. The number of hydrogen-bond acceptors (Lipinski definition) is 1. The zero-order chi connectivity index (χ0) is 16.0. The molecule has 4 rings (SSSR count). The molecule has 0 saturated heterocycles. The summed E-state index contributed by atoms with van der Waals surface area (Å²) in [5.74, 6) is -2.79. The predicted molar refractivity (Wildman–Crippen MR) is 91.5 cm³/mol. The van der Waals surface area contributed by atoms with Gasteiger partial charge < -0.3 is 0 Å². The third-order valence-electron chi connectivity index (χ3n) is 3.58. The van der Waals surface area contributed by atoms with Gasteiger partial charge in [0, 0.05) is 24.4 Å². The molecule has 0 saturated carbocycles. The van der Waals surface area contributed by atoms with Crippen molar-refractivity contribution in [2.75, 3.05) is 0 Å². The molecule has 1 aliphatic heterocycles. The second kappa shape index (κ2) is 5.58. The molecule has 0 fully saturated rings. The number of benzene rings is 2. The molecule has 2 aliphatic rings. The largest absolute Gasteiger partial charge is 0.410 e. The van der Waals surface area contributed by atoms with Crippen molar-refractivity contribution in [2.24, 2.45) is 0 Å². The number of rotatable bonds is 0. The van der Waals surface area contributed by atoms with Crippen LogP contribution in [0.3, 0.4) is 0 Å². The van der Waals surface area contributed by atoms with E-state index in [4.69, 9.17) is 0 Å².